The van der Waals surface area contributed by atoms with Gasteiger partial charge in [0.15, 0.2) is 0 Å². The molecule has 0 spiro atoms. The van der Waals surface area contributed by atoms with Crippen LogP contribution in [-0.4, -0.2) is 36.2 Å². The highest BCUT2D eigenvalue weighted by Gasteiger charge is 2.23. The van der Waals surface area contributed by atoms with Gasteiger partial charge in [0.2, 0.25) is 0 Å². The molecule has 1 aromatic heterocycles. The van der Waals surface area contributed by atoms with Crippen LogP contribution in [0.25, 0.3) is 16.5 Å². The molecular weight excluding hydrogens is 356 g/mol. The molecule has 1 unspecified atom stereocenters. The molecule has 0 radical (unpaired) electrons. The molecule has 1 aromatic carbocycles. The van der Waals surface area contributed by atoms with Gasteiger partial charge in [0.05, 0.1) is 11.8 Å². The van der Waals surface area contributed by atoms with Crippen molar-refractivity contribution < 1.29 is 0 Å². The zero-order valence-corrected chi connectivity index (χ0v) is 17.5. The van der Waals surface area contributed by atoms with Crippen LogP contribution in [-0.2, 0) is 6.42 Å². The van der Waals surface area contributed by atoms with Crippen molar-refractivity contribution in [2.24, 2.45) is 9.98 Å². The number of nitrogens with zero attached hydrogens (tertiary/aromatic N) is 2. The summed E-state index contributed by atoms with van der Waals surface area (Å²) in [7, 11) is 0. The van der Waals surface area contributed by atoms with Crippen molar-refractivity contribution in [3.63, 3.8) is 0 Å². The first kappa shape index (κ1) is 18.6. The number of benzene rings is 1. The third-order valence-electron chi connectivity index (χ3n) is 6.72. The number of piperidine rings is 1. The Hall–Kier alpha value is -2.46. The number of H-pyrrole nitrogens is 1. The van der Waals surface area contributed by atoms with E-state index in [2.05, 4.69) is 64.5 Å². The van der Waals surface area contributed by atoms with Gasteiger partial charge in [-0.25, -0.2) is 4.99 Å². The Labute approximate surface area is 172 Å². The van der Waals surface area contributed by atoms with Crippen molar-refractivity contribution >= 4 is 28.5 Å². The van der Waals surface area contributed by atoms with E-state index in [4.69, 9.17) is 0 Å². The highest BCUT2D eigenvalue weighted by molar-refractivity contribution is 6.11. The molecule has 4 nitrogen and oxygen atoms in total. The summed E-state index contributed by atoms with van der Waals surface area (Å²) in [6.07, 6.45) is 12.0. The van der Waals surface area contributed by atoms with Crippen molar-refractivity contribution in [1.29, 1.82) is 0 Å². The van der Waals surface area contributed by atoms with Crippen LogP contribution >= 0.6 is 0 Å². The summed E-state index contributed by atoms with van der Waals surface area (Å²) in [6.45, 7) is 6.71. The van der Waals surface area contributed by atoms with Crippen LogP contribution in [0, 0.1) is 0 Å². The summed E-state index contributed by atoms with van der Waals surface area (Å²) < 4.78 is 0. The van der Waals surface area contributed by atoms with Gasteiger partial charge < -0.3 is 10.3 Å². The SMILES string of the molecule is CCc1c(C2=C/CCC3N=CN=C3/C(C)=C\2)[nH]c2ccc(C3CCNCC3)cc12. The number of aryl methyl sites for hydroxylation is 1. The van der Waals surface area contributed by atoms with E-state index in [1.807, 2.05) is 0 Å². The van der Waals surface area contributed by atoms with E-state index in [-0.39, 0.29) is 6.04 Å². The number of allylic oxidation sites excluding steroid dienone is 3. The van der Waals surface area contributed by atoms with Crippen molar-refractivity contribution in [2.45, 2.75) is 57.9 Å². The molecule has 1 saturated heterocycles. The van der Waals surface area contributed by atoms with Crippen LogP contribution in [0.15, 0.2) is 45.9 Å². The van der Waals surface area contributed by atoms with Crippen molar-refractivity contribution in [1.82, 2.24) is 10.3 Å². The highest BCUT2D eigenvalue weighted by atomic mass is 15.0. The Morgan fingerprint density at radius 1 is 1.14 bits per heavy atom. The summed E-state index contributed by atoms with van der Waals surface area (Å²) in [4.78, 5) is 12.8. The Balaban J connectivity index is 1.56. The number of rotatable bonds is 3. The van der Waals surface area contributed by atoms with Crippen LogP contribution in [0.3, 0.4) is 0 Å². The van der Waals surface area contributed by atoms with Crippen LogP contribution in [0.4, 0.5) is 0 Å². The first-order valence-electron chi connectivity index (χ1n) is 11.1. The second kappa shape index (κ2) is 7.75. The Morgan fingerprint density at radius 2 is 2.00 bits per heavy atom. The van der Waals surface area contributed by atoms with Gasteiger partial charge in [-0.2, -0.15) is 0 Å². The molecule has 1 fully saturated rings. The molecule has 2 aliphatic heterocycles. The smallest absolute Gasteiger partial charge is 0.111 e. The predicted molar refractivity (Wildman–Crippen MR) is 123 cm³/mol. The maximum Gasteiger partial charge on any atom is 0.111 e. The Kier molecular flexibility index (Phi) is 4.96. The molecule has 0 bridgehead atoms. The fourth-order valence-corrected chi connectivity index (χ4v) is 5.13. The number of fused-ring (bicyclic) bond motifs is 2. The molecule has 1 atom stereocenters. The number of nitrogens with one attached hydrogen (secondary N) is 2. The number of aromatic nitrogens is 1. The molecule has 29 heavy (non-hydrogen) atoms. The van der Waals surface area contributed by atoms with Gasteiger partial charge in [0.25, 0.3) is 0 Å². The van der Waals surface area contributed by atoms with Crippen LogP contribution in [0.5, 0.6) is 0 Å². The standard InChI is InChI=1S/C25H30N4/c1-3-20-21-14-18(17-9-11-26-12-10-17)7-8-22(21)29-25(20)19-5-4-6-23-24(16(2)13-19)28-15-27-23/h5,7-8,13-15,17,23,26,29H,3-4,6,9-12H2,1-2H3/b16-13-,19-5+. The monoisotopic (exact) mass is 386 g/mol. The van der Waals surface area contributed by atoms with Crippen LogP contribution in [0.1, 0.15) is 62.3 Å². The van der Waals surface area contributed by atoms with Crippen molar-refractivity contribution in [3.8, 4) is 0 Å². The van der Waals surface area contributed by atoms with Crippen LogP contribution < -0.4 is 5.32 Å². The van der Waals surface area contributed by atoms with Gasteiger partial charge in [0, 0.05) is 16.6 Å². The van der Waals surface area contributed by atoms with E-state index in [0.717, 1.165) is 38.1 Å². The van der Waals surface area contributed by atoms with Gasteiger partial charge >= 0.3 is 0 Å². The zero-order valence-electron chi connectivity index (χ0n) is 17.5. The lowest BCUT2D eigenvalue weighted by molar-refractivity contribution is 0.460. The molecule has 0 amide bonds. The molecule has 3 aliphatic rings. The minimum absolute atomic E-state index is 0.241. The second-order valence-corrected chi connectivity index (χ2v) is 8.52. The minimum Gasteiger partial charge on any atom is -0.354 e. The first-order valence-corrected chi connectivity index (χ1v) is 11.1. The maximum atomic E-state index is 4.53. The summed E-state index contributed by atoms with van der Waals surface area (Å²) in [5.41, 5.74) is 9.13. The van der Waals surface area contributed by atoms with Gasteiger partial charge in [-0.15, -0.1) is 0 Å². The van der Waals surface area contributed by atoms with E-state index in [1.54, 1.807) is 6.34 Å². The number of hydrogen-bond donors (Lipinski definition) is 2. The van der Waals surface area contributed by atoms with Crippen molar-refractivity contribution in [2.75, 3.05) is 13.1 Å². The summed E-state index contributed by atoms with van der Waals surface area (Å²) in [5, 5.41) is 4.88. The highest BCUT2D eigenvalue weighted by Crippen LogP contribution is 2.34. The molecule has 4 heteroatoms. The quantitative estimate of drug-likeness (QED) is 0.751. The second-order valence-electron chi connectivity index (χ2n) is 8.52. The lowest BCUT2D eigenvalue weighted by atomic mass is 9.89. The summed E-state index contributed by atoms with van der Waals surface area (Å²) in [6, 6.07) is 7.32. The van der Waals surface area contributed by atoms with E-state index >= 15 is 0 Å². The van der Waals surface area contributed by atoms with Gasteiger partial charge in [-0.1, -0.05) is 19.1 Å². The normalized spacial score (nSPS) is 26.3. The van der Waals surface area contributed by atoms with Crippen molar-refractivity contribution in [3.05, 3.63) is 52.7 Å². The van der Waals surface area contributed by atoms with Gasteiger partial charge in [-0.05, 0) is 98.5 Å². The molecular formula is C25H30N4. The summed E-state index contributed by atoms with van der Waals surface area (Å²) in [5.74, 6) is 0.684. The molecule has 150 valence electrons. The third-order valence-corrected chi connectivity index (χ3v) is 6.72. The first-order chi connectivity index (χ1) is 14.2. The van der Waals surface area contributed by atoms with E-state index in [1.165, 1.54) is 51.7 Å². The fourth-order valence-electron chi connectivity index (χ4n) is 5.13. The molecule has 2 N–H and O–H groups in total. The number of hydrogen-bond acceptors (Lipinski definition) is 3. The fraction of sp³-hybridized carbons (Fsp3) is 0.440. The molecule has 0 saturated carbocycles. The average Bonchev–Trinajstić information content (AvgIpc) is 3.35. The van der Waals surface area contributed by atoms with E-state index in [9.17, 15) is 0 Å². The number of aliphatic imine (C=N–C) groups is 2. The van der Waals surface area contributed by atoms with Crippen LogP contribution in [0.2, 0.25) is 0 Å². The maximum absolute atomic E-state index is 4.53. The minimum atomic E-state index is 0.241. The lowest BCUT2D eigenvalue weighted by Crippen LogP contribution is -2.26. The molecule has 1 aliphatic carbocycles. The molecule has 3 heterocycles. The predicted octanol–water partition coefficient (Wildman–Crippen LogP) is 5.17. The van der Waals surface area contributed by atoms with Gasteiger partial charge in [-0.3, -0.25) is 4.99 Å². The van der Waals surface area contributed by atoms with Gasteiger partial charge in [0.1, 0.15) is 6.34 Å². The number of aromatic amines is 1. The average molecular weight is 387 g/mol. The Bertz CT molecular complexity index is 1040. The van der Waals surface area contributed by atoms with E-state index in [0.29, 0.717) is 5.92 Å². The lowest BCUT2D eigenvalue weighted by Gasteiger charge is -2.23. The molecule has 5 rings (SSSR count). The third kappa shape index (κ3) is 3.40. The zero-order chi connectivity index (χ0) is 19.8. The molecule has 2 aromatic rings. The largest absolute Gasteiger partial charge is 0.354 e. The Morgan fingerprint density at radius 3 is 2.83 bits per heavy atom. The van der Waals surface area contributed by atoms with E-state index < -0.39 is 0 Å². The summed E-state index contributed by atoms with van der Waals surface area (Å²) >= 11 is 0. The topological polar surface area (TPSA) is 52.5 Å².